The van der Waals surface area contributed by atoms with Crippen LogP contribution in [0.15, 0.2) is 72.8 Å². The van der Waals surface area contributed by atoms with E-state index in [1.807, 2.05) is 24.3 Å². The monoisotopic (exact) mass is 504 g/mol. The number of rotatable bonds is 4. The Labute approximate surface area is 209 Å². The summed E-state index contributed by atoms with van der Waals surface area (Å²) in [5.41, 5.74) is 2.28. The zero-order valence-corrected chi connectivity index (χ0v) is 20.5. The third-order valence-corrected chi connectivity index (χ3v) is 5.02. The van der Waals surface area contributed by atoms with Gasteiger partial charge in [0.2, 0.25) is 0 Å². The third kappa shape index (κ3) is 11.4. The summed E-state index contributed by atoms with van der Waals surface area (Å²) in [6, 6.07) is 14.4. The van der Waals surface area contributed by atoms with E-state index in [0.717, 1.165) is 29.9 Å². The number of aliphatic carboxylic acids is 1. The highest BCUT2D eigenvalue weighted by Crippen LogP contribution is 2.32. The van der Waals surface area contributed by atoms with E-state index >= 15 is 0 Å². The van der Waals surface area contributed by atoms with Gasteiger partial charge < -0.3 is 24.8 Å². The molecule has 9 heteroatoms. The Kier molecular flexibility index (Phi) is 11.7. The zero-order valence-electron chi connectivity index (χ0n) is 19.7. The van der Waals surface area contributed by atoms with Gasteiger partial charge in [-0.05, 0) is 42.3 Å². The van der Waals surface area contributed by atoms with Gasteiger partial charge in [-0.2, -0.15) is 0 Å². The fraction of sp³-hybridized carbons (Fsp3) is 0.269. The normalized spacial score (nSPS) is 15.3. The van der Waals surface area contributed by atoms with Crippen LogP contribution in [0.2, 0.25) is 0 Å². The molecule has 2 aliphatic rings. The number of epoxide rings is 1. The molecule has 0 saturated carbocycles. The molecule has 2 aliphatic heterocycles. The maximum atomic E-state index is 9.92. The van der Waals surface area contributed by atoms with Crippen molar-refractivity contribution in [2.75, 3.05) is 12.5 Å². The van der Waals surface area contributed by atoms with Crippen molar-refractivity contribution in [3.63, 3.8) is 0 Å². The number of benzene rings is 2. The van der Waals surface area contributed by atoms with Crippen molar-refractivity contribution in [3.8, 4) is 11.5 Å². The van der Waals surface area contributed by atoms with Crippen molar-refractivity contribution in [3.05, 3.63) is 84.0 Å². The minimum atomic E-state index is -0.935. The van der Waals surface area contributed by atoms with E-state index < -0.39 is 17.9 Å². The first-order valence-corrected chi connectivity index (χ1v) is 11.0. The predicted octanol–water partition coefficient (Wildman–Crippen LogP) is 4.32. The molecule has 3 N–H and O–H groups in total. The summed E-state index contributed by atoms with van der Waals surface area (Å²) in [7, 11) is 0. The van der Waals surface area contributed by atoms with Crippen LogP contribution in [0.1, 0.15) is 31.9 Å². The molecule has 35 heavy (non-hydrogen) atoms. The van der Waals surface area contributed by atoms with Crippen molar-refractivity contribution < 1.29 is 39.2 Å². The number of hydrogen-bond donors (Lipinski definition) is 3. The van der Waals surface area contributed by atoms with E-state index in [1.54, 1.807) is 24.3 Å². The van der Waals surface area contributed by atoms with E-state index in [1.165, 1.54) is 6.92 Å². The van der Waals surface area contributed by atoms with Crippen LogP contribution in [0.25, 0.3) is 0 Å². The number of cyclic esters (lactones) is 2. The van der Waals surface area contributed by atoms with Gasteiger partial charge in [0.05, 0.1) is 18.6 Å². The highest BCUT2D eigenvalue weighted by Gasteiger charge is 2.22. The lowest BCUT2D eigenvalue weighted by Gasteiger charge is -2.26. The Morgan fingerprint density at radius 1 is 0.971 bits per heavy atom. The summed E-state index contributed by atoms with van der Waals surface area (Å²) in [5, 5.41) is 26.5. The van der Waals surface area contributed by atoms with Crippen LogP contribution in [-0.2, 0) is 29.3 Å². The first kappa shape index (κ1) is 29.4. The minimum absolute atomic E-state index is 0.151. The first-order chi connectivity index (χ1) is 16.4. The lowest BCUT2D eigenvalue weighted by molar-refractivity contribution is -0.150. The van der Waals surface area contributed by atoms with Crippen LogP contribution in [0.4, 0.5) is 0 Å². The molecule has 1 unspecified atom stereocenters. The number of alkyl halides is 1. The van der Waals surface area contributed by atoms with E-state index in [0.29, 0.717) is 12.0 Å². The quantitative estimate of drug-likeness (QED) is 0.184. The largest absolute Gasteiger partial charge is 0.508 e. The van der Waals surface area contributed by atoms with Crippen molar-refractivity contribution >= 4 is 29.5 Å². The lowest BCUT2D eigenvalue weighted by atomic mass is 9.78. The number of carbonyl (C=O) groups excluding carboxylic acids is 2. The van der Waals surface area contributed by atoms with Gasteiger partial charge in [-0.1, -0.05) is 44.7 Å². The molecular weight excluding hydrogens is 476 g/mol. The number of phenols is 2. The number of carbonyl (C=O) groups is 3. The smallest absolute Gasteiger partial charge is 0.338 e. The summed E-state index contributed by atoms with van der Waals surface area (Å²) >= 11 is 5.27. The van der Waals surface area contributed by atoms with Crippen molar-refractivity contribution in [2.24, 2.45) is 0 Å². The van der Waals surface area contributed by atoms with E-state index in [-0.39, 0.29) is 22.5 Å². The maximum absolute atomic E-state index is 9.92. The van der Waals surface area contributed by atoms with Gasteiger partial charge in [0.1, 0.15) is 11.5 Å². The molecule has 0 bridgehead atoms. The number of hydrogen-bond acceptors (Lipinski definition) is 7. The molecule has 1 saturated heterocycles. The molecule has 1 fully saturated rings. The molecule has 0 radical (unpaired) electrons. The average molecular weight is 505 g/mol. The summed E-state index contributed by atoms with van der Waals surface area (Å²) < 4.78 is 8.70. The van der Waals surface area contributed by atoms with Gasteiger partial charge in [0.25, 0.3) is 0 Å². The number of esters is 2. The van der Waals surface area contributed by atoms with Crippen LogP contribution >= 0.6 is 11.6 Å². The molecular formula is C26H29ClO8. The maximum Gasteiger partial charge on any atom is 0.338 e. The Hall–Kier alpha value is -3.62. The van der Waals surface area contributed by atoms with E-state index in [9.17, 15) is 24.6 Å². The highest BCUT2D eigenvalue weighted by molar-refractivity contribution is 6.18. The summed E-state index contributed by atoms with van der Waals surface area (Å²) in [5.74, 6) is -0.879. The molecule has 8 nitrogen and oxygen atoms in total. The summed E-state index contributed by atoms with van der Waals surface area (Å²) in [4.78, 5) is 29.4. The number of halogens is 1. The van der Waals surface area contributed by atoms with Crippen LogP contribution in [0.3, 0.4) is 0 Å². The Morgan fingerprint density at radius 3 is 1.49 bits per heavy atom. The van der Waals surface area contributed by atoms with E-state index in [4.69, 9.17) is 21.4 Å². The number of ether oxygens (including phenoxy) is 2. The zero-order chi connectivity index (χ0) is 26.6. The topological polar surface area (TPSA) is 134 Å². The highest BCUT2D eigenvalue weighted by atomic mass is 35.5. The van der Waals surface area contributed by atoms with E-state index in [2.05, 4.69) is 25.2 Å². The van der Waals surface area contributed by atoms with Crippen LogP contribution in [0, 0.1) is 0 Å². The van der Waals surface area contributed by atoms with Gasteiger partial charge in [-0.15, -0.1) is 11.6 Å². The number of phenolic OH excluding ortho intramolecular Hbond substituents is 2. The van der Waals surface area contributed by atoms with Crippen LogP contribution in [-0.4, -0.2) is 51.8 Å². The molecule has 1 atom stereocenters. The molecule has 4 rings (SSSR count). The molecule has 0 amide bonds. The van der Waals surface area contributed by atoms with Gasteiger partial charge >= 0.3 is 17.9 Å². The summed E-state index contributed by atoms with van der Waals surface area (Å²) in [6.45, 7) is 9.71. The number of carboxylic acid groups (broad SMARTS) is 1. The minimum Gasteiger partial charge on any atom is -0.508 e. The van der Waals surface area contributed by atoms with Crippen LogP contribution < -0.4 is 0 Å². The molecule has 0 aliphatic carbocycles. The second-order valence-electron chi connectivity index (χ2n) is 7.99. The Bertz CT molecular complexity index is 961. The number of carboxylic acids is 1. The second kappa shape index (κ2) is 13.9. The Morgan fingerprint density at radius 2 is 1.31 bits per heavy atom. The fourth-order valence-corrected chi connectivity index (χ4v) is 2.56. The average Bonchev–Trinajstić information content (AvgIpc) is 3.57. The molecule has 2 aromatic carbocycles. The molecule has 2 aromatic rings. The second-order valence-corrected chi connectivity index (χ2v) is 8.30. The van der Waals surface area contributed by atoms with Gasteiger partial charge in [0.15, 0.2) is 0 Å². The number of aromatic hydroxyl groups is 2. The predicted molar refractivity (Wildman–Crippen MR) is 131 cm³/mol. The van der Waals surface area contributed by atoms with Gasteiger partial charge in [-0.25, -0.2) is 14.4 Å². The van der Waals surface area contributed by atoms with Gasteiger partial charge in [-0.3, -0.25) is 0 Å². The van der Waals surface area contributed by atoms with Gasteiger partial charge in [0, 0.05) is 23.1 Å². The molecule has 0 aromatic heterocycles. The van der Waals surface area contributed by atoms with Crippen molar-refractivity contribution in [1.29, 1.82) is 0 Å². The van der Waals surface area contributed by atoms with Crippen molar-refractivity contribution in [1.82, 2.24) is 0 Å². The molecule has 188 valence electrons. The fourth-order valence-electron chi connectivity index (χ4n) is 2.38. The molecule has 0 spiro atoms. The van der Waals surface area contributed by atoms with Crippen molar-refractivity contribution in [2.45, 2.75) is 32.3 Å². The Balaban J connectivity index is 0.000000278. The molecule has 2 heterocycles. The standard InChI is InChI=1S/C15H16O2.C4H2O3.C4H6O2.C3H5ClO/c1-15(2,11-3-7-13(16)8-4-11)12-5-9-14(17)10-6-12;5-3-1-2-4(6)7-3;1-3(2)4(5)6;4-1-3-2-5-3/h3-10,16-17H,1-2H3;1-2H;1H2,2H3,(H,5,6);3H,1-2H2. The first-order valence-electron chi connectivity index (χ1n) is 10.5. The van der Waals surface area contributed by atoms with Crippen LogP contribution in [0.5, 0.6) is 11.5 Å². The SMILES string of the molecule is C=C(C)C(=O)O.CC(C)(c1ccc(O)cc1)c1ccc(O)cc1.ClCC1CO1.O=C1C=CC(=O)O1. The lowest BCUT2D eigenvalue weighted by Crippen LogP contribution is -2.18. The summed E-state index contributed by atoms with van der Waals surface area (Å²) in [6.07, 6.45) is 2.57. The third-order valence-electron chi connectivity index (χ3n) is 4.67.